The average molecular weight is 318 g/mol. The highest BCUT2D eigenvalue weighted by Gasteiger charge is 2.70. The highest BCUT2D eigenvalue weighted by molar-refractivity contribution is 5.41. The first-order valence-electron chi connectivity index (χ1n) is 7.76. The zero-order valence-corrected chi connectivity index (χ0v) is 12.5. The summed E-state index contributed by atoms with van der Waals surface area (Å²) in [6.07, 6.45) is -2.29. The van der Waals surface area contributed by atoms with Crippen LogP contribution in [-0.2, 0) is 11.6 Å². The first kappa shape index (κ1) is 14.8. The van der Waals surface area contributed by atoms with E-state index in [4.69, 9.17) is 0 Å². The smallest absolute Gasteiger partial charge is 0.388 e. The van der Waals surface area contributed by atoms with Gasteiger partial charge in [0.05, 0.1) is 11.7 Å². The van der Waals surface area contributed by atoms with E-state index in [-0.39, 0.29) is 10.8 Å². The number of benzene rings is 2. The van der Waals surface area contributed by atoms with Crippen LogP contribution in [0, 0.1) is 5.41 Å². The van der Waals surface area contributed by atoms with Crippen LogP contribution in [0.5, 0.6) is 0 Å². The van der Waals surface area contributed by atoms with Crippen molar-refractivity contribution in [3.8, 4) is 0 Å². The average Bonchev–Trinajstić information content (AvgIpc) is 2.45. The van der Waals surface area contributed by atoms with Crippen LogP contribution in [0.4, 0.5) is 13.2 Å². The third kappa shape index (κ3) is 2.12. The molecule has 2 aromatic carbocycles. The van der Waals surface area contributed by atoms with Crippen molar-refractivity contribution < 1.29 is 18.3 Å². The fraction of sp³-hybridized carbons (Fsp3) is 0.368. The molecule has 120 valence electrons. The fourth-order valence-corrected chi connectivity index (χ4v) is 4.46. The summed E-state index contributed by atoms with van der Waals surface area (Å²) in [6, 6.07) is 15.2. The van der Waals surface area contributed by atoms with E-state index in [0.29, 0.717) is 5.56 Å². The first-order valence-corrected chi connectivity index (χ1v) is 7.76. The summed E-state index contributed by atoms with van der Waals surface area (Å²) in [7, 11) is 0. The summed E-state index contributed by atoms with van der Waals surface area (Å²) in [5.41, 5.74) is 1.23. The lowest BCUT2D eigenvalue weighted by Crippen LogP contribution is -2.66. The molecule has 0 heterocycles. The molecule has 23 heavy (non-hydrogen) atoms. The van der Waals surface area contributed by atoms with Gasteiger partial charge in [0.25, 0.3) is 0 Å². The van der Waals surface area contributed by atoms with Crippen LogP contribution >= 0.6 is 0 Å². The van der Waals surface area contributed by atoms with Crippen LogP contribution < -0.4 is 0 Å². The van der Waals surface area contributed by atoms with Gasteiger partial charge in [0.2, 0.25) is 0 Å². The maximum Gasteiger partial charge on any atom is 0.416 e. The molecule has 0 saturated heterocycles. The lowest BCUT2D eigenvalue weighted by Gasteiger charge is -2.72. The molecule has 1 atom stereocenters. The van der Waals surface area contributed by atoms with E-state index >= 15 is 0 Å². The van der Waals surface area contributed by atoms with E-state index in [1.54, 1.807) is 0 Å². The molecule has 3 fully saturated rings. The Kier molecular flexibility index (Phi) is 2.95. The Balaban J connectivity index is 1.49. The Labute approximate surface area is 132 Å². The summed E-state index contributed by atoms with van der Waals surface area (Å²) in [5.74, 6) is 0. The molecule has 1 N–H and O–H groups in total. The van der Waals surface area contributed by atoms with Crippen LogP contribution in [0.15, 0.2) is 54.6 Å². The normalized spacial score (nSPS) is 30.3. The minimum atomic E-state index is -4.34. The van der Waals surface area contributed by atoms with Gasteiger partial charge < -0.3 is 5.11 Å². The second kappa shape index (κ2) is 4.60. The topological polar surface area (TPSA) is 20.2 Å². The summed E-state index contributed by atoms with van der Waals surface area (Å²) in [6.45, 7) is 0. The molecular weight excluding hydrogens is 301 g/mol. The largest absolute Gasteiger partial charge is 0.416 e. The Morgan fingerprint density at radius 3 is 1.96 bits per heavy atom. The quantitative estimate of drug-likeness (QED) is 0.857. The third-order valence-corrected chi connectivity index (χ3v) is 5.59. The van der Waals surface area contributed by atoms with E-state index in [0.717, 1.165) is 31.4 Å². The van der Waals surface area contributed by atoms with Crippen molar-refractivity contribution in [1.82, 2.24) is 0 Å². The Bertz CT molecular complexity index is 699. The summed E-state index contributed by atoms with van der Waals surface area (Å²) in [4.78, 5) is 0. The van der Waals surface area contributed by atoms with E-state index < -0.39 is 17.8 Å². The number of hydrogen-bond acceptors (Lipinski definition) is 1. The van der Waals surface area contributed by atoms with Gasteiger partial charge in [0.15, 0.2) is 0 Å². The molecule has 2 aromatic rings. The van der Waals surface area contributed by atoms with E-state index in [2.05, 4.69) is 12.1 Å². The summed E-state index contributed by atoms with van der Waals surface area (Å²) < 4.78 is 37.8. The van der Waals surface area contributed by atoms with Gasteiger partial charge in [0.1, 0.15) is 0 Å². The zero-order valence-electron chi connectivity index (χ0n) is 12.5. The van der Waals surface area contributed by atoms with Gasteiger partial charge in [-0.05, 0) is 47.9 Å². The molecule has 3 saturated carbocycles. The number of rotatable bonds is 3. The Morgan fingerprint density at radius 2 is 1.43 bits per heavy atom. The molecular formula is C19H17F3O. The Morgan fingerprint density at radius 1 is 0.870 bits per heavy atom. The Hall–Kier alpha value is -1.81. The molecule has 0 unspecified atom stereocenters. The van der Waals surface area contributed by atoms with Crippen molar-refractivity contribution in [2.75, 3.05) is 0 Å². The van der Waals surface area contributed by atoms with Gasteiger partial charge >= 0.3 is 6.18 Å². The SMILES string of the molecule is O[C@@H](c1ccc(C(F)(F)F)cc1)C12CC(c3ccccc3)(C1)C2. The van der Waals surface area contributed by atoms with Gasteiger partial charge in [-0.15, -0.1) is 0 Å². The van der Waals surface area contributed by atoms with Crippen LogP contribution in [0.2, 0.25) is 0 Å². The molecule has 3 aliphatic carbocycles. The number of aliphatic hydroxyl groups excluding tert-OH is 1. The van der Waals surface area contributed by atoms with Crippen LogP contribution in [0.1, 0.15) is 42.1 Å². The maximum absolute atomic E-state index is 12.6. The van der Waals surface area contributed by atoms with Gasteiger partial charge in [-0.2, -0.15) is 13.2 Å². The summed E-state index contributed by atoms with van der Waals surface area (Å²) >= 11 is 0. The minimum Gasteiger partial charge on any atom is -0.388 e. The van der Waals surface area contributed by atoms with Gasteiger partial charge in [-0.1, -0.05) is 42.5 Å². The molecule has 4 heteroatoms. The molecule has 0 aliphatic heterocycles. The molecule has 0 radical (unpaired) electrons. The predicted octanol–water partition coefficient (Wildman–Crippen LogP) is 4.86. The second-order valence-electron chi connectivity index (χ2n) is 7.06. The number of halogens is 3. The lowest BCUT2D eigenvalue weighted by atomic mass is 9.32. The number of hydrogen-bond donors (Lipinski definition) is 1. The molecule has 0 spiro atoms. The summed E-state index contributed by atoms with van der Waals surface area (Å²) in [5, 5.41) is 10.6. The van der Waals surface area contributed by atoms with Crippen molar-refractivity contribution in [1.29, 1.82) is 0 Å². The van der Waals surface area contributed by atoms with Crippen molar-refractivity contribution in [2.45, 2.75) is 37.0 Å². The number of alkyl halides is 3. The highest BCUT2D eigenvalue weighted by Crippen LogP contribution is 2.77. The maximum atomic E-state index is 12.6. The second-order valence-corrected chi connectivity index (χ2v) is 7.06. The highest BCUT2D eigenvalue weighted by atomic mass is 19.4. The van der Waals surface area contributed by atoms with Gasteiger partial charge in [-0.25, -0.2) is 0 Å². The molecule has 5 rings (SSSR count). The third-order valence-electron chi connectivity index (χ3n) is 5.59. The monoisotopic (exact) mass is 318 g/mol. The fourth-order valence-electron chi connectivity index (χ4n) is 4.46. The van der Waals surface area contributed by atoms with Crippen LogP contribution in [0.3, 0.4) is 0 Å². The van der Waals surface area contributed by atoms with Crippen molar-refractivity contribution in [3.05, 3.63) is 71.3 Å². The molecule has 2 bridgehead atoms. The van der Waals surface area contributed by atoms with Crippen LogP contribution in [-0.4, -0.2) is 5.11 Å². The van der Waals surface area contributed by atoms with E-state index in [1.807, 2.05) is 18.2 Å². The van der Waals surface area contributed by atoms with Gasteiger partial charge in [0, 0.05) is 5.41 Å². The minimum absolute atomic E-state index is 0.157. The van der Waals surface area contributed by atoms with Crippen molar-refractivity contribution >= 4 is 0 Å². The first-order chi connectivity index (χ1) is 10.8. The zero-order chi connectivity index (χ0) is 16.3. The predicted molar refractivity (Wildman–Crippen MR) is 80.8 cm³/mol. The molecule has 0 amide bonds. The van der Waals surface area contributed by atoms with E-state index in [9.17, 15) is 18.3 Å². The van der Waals surface area contributed by atoms with Crippen LogP contribution in [0.25, 0.3) is 0 Å². The number of aliphatic hydroxyl groups is 1. The van der Waals surface area contributed by atoms with Gasteiger partial charge in [-0.3, -0.25) is 0 Å². The van der Waals surface area contributed by atoms with Crippen molar-refractivity contribution in [2.24, 2.45) is 5.41 Å². The van der Waals surface area contributed by atoms with Crippen molar-refractivity contribution in [3.63, 3.8) is 0 Å². The standard InChI is InChI=1S/C19H17F3O/c20-19(21,22)15-8-6-13(7-9-15)16(23)18-10-17(11-18,12-18)14-4-2-1-3-5-14/h1-9,16,23H,10-12H2/t16-,17?,18?/m0/s1. The molecule has 3 aliphatic rings. The van der Waals surface area contributed by atoms with E-state index in [1.165, 1.54) is 17.7 Å². The molecule has 0 aromatic heterocycles. The molecule has 1 nitrogen and oxygen atoms in total. The lowest BCUT2D eigenvalue weighted by molar-refractivity contribution is -0.210.